The summed E-state index contributed by atoms with van der Waals surface area (Å²) in [6.07, 6.45) is 2.82. The molecule has 0 saturated heterocycles. The van der Waals surface area contributed by atoms with Gasteiger partial charge < -0.3 is 25.5 Å². The highest BCUT2D eigenvalue weighted by Gasteiger charge is 2.22. The quantitative estimate of drug-likeness (QED) is 0.154. The molecule has 0 radical (unpaired) electrons. The lowest BCUT2D eigenvalue weighted by Crippen LogP contribution is -2.49. The number of carbonyl (C=O) groups excluding carboxylic acids is 2. The number of carbonyl (C=O) groups is 2. The van der Waals surface area contributed by atoms with Gasteiger partial charge in [-0.3, -0.25) is 9.59 Å². The maximum atomic E-state index is 13.8. The van der Waals surface area contributed by atoms with Crippen molar-refractivity contribution in [2.45, 2.75) is 38.5 Å². The SMILES string of the molecule is CCc1cccc(CNC[C@H](O)[C@H](Cc2cc(F)cc(F)c2)NC(=O)CSCC(=O)Nc2ccc(-c3cnco3)cc2)c1. The van der Waals surface area contributed by atoms with Crippen LogP contribution in [0, 0.1) is 11.6 Å². The first kappa shape index (κ1) is 31.9. The fourth-order valence-electron chi connectivity index (χ4n) is 4.49. The number of anilines is 1. The molecule has 0 bridgehead atoms. The van der Waals surface area contributed by atoms with Gasteiger partial charge in [0.15, 0.2) is 12.2 Å². The van der Waals surface area contributed by atoms with E-state index in [9.17, 15) is 23.5 Å². The molecule has 2 atom stereocenters. The molecule has 0 fully saturated rings. The van der Waals surface area contributed by atoms with Gasteiger partial charge in [-0.05, 0) is 65.9 Å². The third-order valence-electron chi connectivity index (χ3n) is 6.62. The Bertz CT molecular complexity index is 1460. The van der Waals surface area contributed by atoms with Gasteiger partial charge in [0.05, 0.1) is 29.8 Å². The van der Waals surface area contributed by atoms with Gasteiger partial charge in [-0.15, -0.1) is 11.8 Å². The predicted molar refractivity (Wildman–Crippen MR) is 163 cm³/mol. The van der Waals surface area contributed by atoms with Crippen molar-refractivity contribution >= 4 is 29.3 Å². The van der Waals surface area contributed by atoms with Crippen LogP contribution in [0.2, 0.25) is 0 Å². The van der Waals surface area contributed by atoms with Crippen molar-refractivity contribution in [3.63, 3.8) is 0 Å². The van der Waals surface area contributed by atoms with Gasteiger partial charge in [-0.1, -0.05) is 31.2 Å². The summed E-state index contributed by atoms with van der Waals surface area (Å²) in [6, 6.07) is 17.4. The molecule has 0 saturated carbocycles. The van der Waals surface area contributed by atoms with E-state index in [0.29, 0.717) is 23.6 Å². The zero-order chi connectivity index (χ0) is 30.6. The summed E-state index contributed by atoms with van der Waals surface area (Å²) in [7, 11) is 0. The highest BCUT2D eigenvalue weighted by Crippen LogP contribution is 2.21. The van der Waals surface area contributed by atoms with Crippen LogP contribution < -0.4 is 16.0 Å². The van der Waals surface area contributed by atoms with Crippen molar-refractivity contribution in [2.75, 3.05) is 23.4 Å². The summed E-state index contributed by atoms with van der Waals surface area (Å²) in [5, 5.41) is 19.7. The molecule has 0 unspecified atom stereocenters. The molecular formula is C32H34F2N4O4S. The van der Waals surface area contributed by atoms with Crippen LogP contribution in [0.15, 0.2) is 83.7 Å². The highest BCUT2D eigenvalue weighted by atomic mass is 32.2. The average Bonchev–Trinajstić information content (AvgIpc) is 3.52. The largest absolute Gasteiger partial charge is 0.444 e. The molecule has 11 heteroatoms. The first-order valence-electron chi connectivity index (χ1n) is 13.9. The van der Waals surface area contributed by atoms with Crippen LogP contribution in [-0.2, 0) is 29.0 Å². The Labute approximate surface area is 253 Å². The van der Waals surface area contributed by atoms with Gasteiger partial charge >= 0.3 is 0 Å². The van der Waals surface area contributed by atoms with Gasteiger partial charge in [0.25, 0.3) is 0 Å². The van der Waals surface area contributed by atoms with Crippen molar-refractivity contribution in [1.82, 2.24) is 15.6 Å². The Morgan fingerprint density at radius 2 is 1.67 bits per heavy atom. The maximum Gasteiger partial charge on any atom is 0.234 e. The highest BCUT2D eigenvalue weighted by molar-refractivity contribution is 8.00. The zero-order valence-electron chi connectivity index (χ0n) is 23.7. The van der Waals surface area contributed by atoms with Gasteiger partial charge in [0.1, 0.15) is 11.6 Å². The molecule has 4 rings (SSSR count). The van der Waals surface area contributed by atoms with E-state index < -0.39 is 29.7 Å². The number of aliphatic hydroxyl groups excluding tert-OH is 1. The fraction of sp³-hybridized carbons (Fsp3) is 0.281. The van der Waals surface area contributed by atoms with Crippen molar-refractivity contribution in [3.05, 3.63) is 108 Å². The Morgan fingerprint density at radius 3 is 2.37 bits per heavy atom. The smallest absolute Gasteiger partial charge is 0.234 e. The second kappa shape index (κ2) is 16.0. The number of nitrogens with zero attached hydrogens (tertiary/aromatic N) is 1. The van der Waals surface area contributed by atoms with Crippen LogP contribution in [-0.4, -0.2) is 52.1 Å². The molecule has 4 N–H and O–H groups in total. The standard InChI is InChI=1S/C32H34F2N4O4S/c1-2-21-4-3-5-22(10-21)15-35-16-29(39)28(13-23-11-25(33)14-26(34)12-23)38-32(41)19-43-18-31(40)37-27-8-6-24(7-9-27)30-17-36-20-42-30/h3-12,14,17,20,28-29,35,39H,2,13,15-16,18-19H2,1H3,(H,37,40)(H,38,41)/t28-,29-/m0/s1. The number of rotatable bonds is 15. The zero-order valence-corrected chi connectivity index (χ0v) is 24.5. The number of aryl methyl sites for hydroxylation is 1. The number of halogens is 2. The lowest BCUT2D eigenvalue weighted by molar-refractivity contribution is -0.120. The molecule has 8 nitrogen and oxygen atoms in total. The van der Waals surface area contributed by atoms with E-state index in [1.807, 2.05) is 18.2 Å². The number of hydrogen-bond acceptors (Lipinski definition) is 7. The Balaban J connectivity index is 1.28. The number of hydrogen-bond donors (Lipinski definition) is 4. The first-order chi connectivity index (χ1) is 20.8. The molecule has 0 aliphatic heterocycles. The number of aliphatic hydroxyl groups is 1. The van der Waals surface area contributed by atoms with E-state index in [1.54, 1.807) is 30.5 Å². The van der Waals surface area contributed by atoms with E-state index in [4.69, 9.17) is 4.42 Å². The van der Waals surface area contributed by atoms with Gasteiger partial charge in [-0.25, -0.2) is 13.8 Å². The molecule has 0 aliphatic rings. The van der Waals surface area contributed by atoms with E-state index in [0.717, 1.165) is 35.4 Å². The Kier molecular flexibility index (Phi) is 11.8. The van der Waals surface area contributed by atoms with Gasteiger partial charge in [-0.2, -0.15) is 0 Å². The predicted octanol–water partition coefficient (Wildman–Crippen LogP) is 4.73. The van der Waals surface area contributed by atoms with E-state index in [2.05, 4.69) is 33.9 Å². The number of nitrogens with one attached hydrogen (secondary N) is 3. The summed E-state index contributed by atoms with van der Waals surface area (Å²) in [5.41, 5.74) is 3.97. The Morgan fingerprint density at radius 1 is 0.953 bits per heavy atom. The summed E-state index contributed by atoms with van der Waals surface area (Å²) < 4.78 is 32.9. The van der Waals surface area contributed by atoms with Crippen LogP contribution >= 0.6 is 11.8 Å². The summed E-state index contributed by atoms with van der Waals surface area (Å²) in [6.45, 7) is 2.72. The lowest BCUT2D eigenvalue weighted by Gasteiger charge is -2.25. The first-order valence-corrected chi connectivity index (χ1v) is 15.0. The van der Waals surface area contributed by atoms with Gasteiger partial charge in [0, 0.05) is 30.4 Å². The van der Waals surface area contributed by atoms with E-state index in [1.165, 1.54) is 24.1 Å². The topological polar surface area (TPSA) is 116 Å². The molecule has 4 aromatic rings. The molecule has 2 amide bonds. The number of oxazole rings is 1. The number of benzene rings is 3. The van der Waals surface area contributed by atoms with Crippen molar-refractivity contribution in [2.24, 2.45) is 0 Å². The number of thioether (sulfide) groups is 1. The Hall–Kier alpha value is -4.06. The monoisotopic (exact) mass is 608 g/mol. The minimum Gasteiger partial charge on any atom is -0.444 e. The molecule has 43 heavy (non-hydrogen) atoms. The lowest BCUT2D eigenvalue weighted by atomic mass is 10.0. The van der Waals surface area contributed by atoms with Crippen LogP contribution in [0.1, 0.15) is 23.6 Å². The maximum absolute atomic E-state index is 13.8. The second-order valence-corrected chi connectivity index (χ2v) is 11.0. The van der Waals surface area contributed by atoms with E-state index in [-0.39, 0.29) is 30.4 Å². The van der Waals surface area contributed by atoms with Crippen molar-refractivity contribution in [1.29, 1.82) is 0 Å². The van der Waals surface area contributed by atoms with Crippen LogP contribution in [0.5, 0.6) is 0 Å². The van der Waals surface area contributed by atoms with Crippen molar-refractivity contribution in [3.8, 4) is 11.3 Å². The van der Waals surface area contributed by atoms with Crippen LogP contribution in [0.3, 0.4) is 0 Å². The number of aromatic nitrogens is 1. The summed E-state index contributed by atoms with van der Waals surface area (Å²) in [4.78, 5) is 29.1. The van der Waals surface area contributed by atoms with Crippen LogP contribution in [0.25, 0.3) is 11.3 Å². The molecule has 1 heterocycles. The minimum atomic E-state index is -1.04. The number of amides is 2. The van der Waals surface area contributed by atoms with Gasteiger partial charge in [0.2, 0.25) is 11.8 Å². The minimum absolute atomic E-state index is 0.0177. The summed E-state index contributed by atoms with van der Waals surface area (Å²) >= 11 is 1.11. The molecule has 3 aromatic carbocycles. The summed E-state index contributed by atoms with van der Waals surface area (Å²) in [5.74, 6) is -1.58. The normalized spacial score (nSPS) is 12.5. The van der Waals surface area contributed by atoms with Crippen LogP contribution in [0.4, 0.5) is 14.5 Å². The third kappa shape index (κ3) is 10.3. The average molecular weight is 609 g/mol. The van der Waals surface area contributed by atoms with Crippen molar-refractivity contribution < 1.29 is 27.9 Å². The molecule has 0 aliphatic carbocycles. The third-order valence-corrected chi connectivity index (χ3v) is 7.56. The molecular weight excluding hydrogens is 574 g/mol. The molecule has 226 valence electrons. The second-order valence-electron chi connectivity index (χ2n) is 10.0. The fourth-order valence-corrected chi connectivity index (χ4v) is 5.12. The molecule has 1 aromatic heterocycles. The molecule has 0 spiro atoms. The van der Waals surface area contributed by atoms with E-state index >= 15 is 0 Å².